The van der Waals surface area contributed by atoms with Crippen molar-refractivity contribution >= 4 is 16.8 Å². The molecule has 29 heavy (non-hydrogen) atoms. The van der Waals surface area contributed by atoms with Crippen LogP contribution < -0.4 is 0 Å². The minimum Gasteiger partial charge on any atom is -0.339 e. The van der Waals surface area contributed by atoms with Gasteiger partial charge in [0.1, 0.15) is 0 Å². The molecule has 0 saturated heterocycles. The highest BCUT2D eigenvalue weighted by atomic mass is 16.2. The van der Waals surface area contributed by atoms with Crippen LogP contribution in [0.15, 0.2) is 54.6 Å². The Kier molecular flexibility index (Phi) is 7.40. The van der Waals surface area contributed by atoms with Crippen LogP contribution in [-0.4, -0.2) is 28.9 Å². The van der Waals surface area contributed by atoms with Crippen molar-refractivity contribution in [2.24, 2.45) is 0 Å². The van der Waals surface area contributed by atoms with Crippen LogP contribution in [0, 0.1) is 0 Å². The molecule has 0 aliphatic rings. The molecule has 0 N–H and O–H groups in total. The van der Waals surface area contributed by atoms with Crippen LogP contribution in [0.5, 0.6) is 0 Å². The number of amides is 1. The second-order valence-electron chi connectivity index (χ2n) is 7.62. The lowest BCUT2D eigenvalue weighted by Crippen LogP contribution is -2.33. The Morgan fingerprint density at radius 3 is 2.17 bits per heavy atom. The van der Waals surface area contributed by atoms with Gasteiger partial charge in [-0.3, -0.25) is 4.79 Å². The Morgan fingerprint density at radius 2 is 1.55 bits per heavy atom. The molecule has 0 saturated carbocycles. The van der Waals surface area contributed by atoms with Gasteiger partial charge < -0.3 is 4.90 Å². The topological polar surface area (TPSA) is 33.2 Å². The normalized spacial score (nSPS) is 11.0. The Hall–Kier alpha value is -2.68. The second-order valence-corrected chi connectivity index (χ2v) is 7.62. The first-order valence-corrected chi connectivity index (χ1v) is 11.0. The Balaban J connectivity index is 2.05. The molecular formula is C26H32N2O. The number of aryl methyl sites for hydroxylation is 1. The molecule has 1 amide bonds. The summed E-state index contributed by atoms with van der Waals surface area (Å²) in [6, 6.07) is 18.5. The zero-order valence-electron chi connectivity index (χ0n) is 17.9. The summed E-state index contributed by atoms with van der Waals surface area (Å²) in [7, 11) is 0. The first-order chi connectivity index (χ1) is 14.2. The minimum absolute atomic E-state index is 0.122. The predicted molar refractivity (Wildman–Crippen MR) is 122 cm³/mol. The number of nitrogens with zero attached hydrogens (tertiary/aromatic N) is 2. The van der Waals surface area contributed by atoms with Gasteiger partial charge in [0.15, 0.2) is 0 Å². The van der Waals surface area contributed by atoms with Gasteiger partial charge in [-0.05, 0) is 37.0 Å². The lowest BCUT2D eigenvalue weighted by atomic mass is 10.0. The summed E-state index contributed by atoms with van der Waals surface area (Å²) in [4.78, 5) is 20.4. The van der Waals surface area contributed by atoms with Crippen molar-refractivity contribution in [3.63, 3.8) is 0 Å². The molecule has 152 valence electrons. The van der Waals surface area contributed by atoms with Crippen molar-refractivity contribution in [3.8, 4) is 11.3 Å². The molecule has 1 aromatic heterocycles. The first kappa shape index (κ1) is 21.0. The molecule has 1 heterocycles. The third-order valence-corrected chi connectivity index (χ3v) is 5.45. The van der Waals surface area contributed by atoms with Crippen LogP contribution in [0.1, 0.15) is 62.4 Å². The maximum Gasteiger partial charge on any atom is 0.254 e. The predicted octanol–water partition coefficient (Wildman–Crippen LogP) is 6.51. The quantitative estimate of drug-likeness (QED) is 0.419. The van der Waals surface area contributed by atoms with E-state index in [0.717, 1.165) is 72.9 Å². The molecule has 3 rings (SSSR count). The van der Waals surface area contributed by atoms with Crippen molar-refractivity contribution < 1.29 is 4.79 Å². The largest absolute Gasteiger partial charge is 0.339 e. The van der Waals surface area contributed by atoms with Crippen molar-refractivity contribution in [1.82, 2.24) is 9.88 Å². The first-order valence-electron chi connectivity index (χ1n) is 11.0. The highest BCUT2D eigenvalue weighted by molar-refractivity contribution is 6.07. The number of para-hydroxylation sites is 1. The van der Waals surface area contributed by atoms with E-state index in [-0.39, 0.29) is 5.91 Å². The molecule has 0 atom stereocenters. The van der Waals surface area contributed by atoms with Crippen LogP contribution in [0.25, 0.3) is 22.2 Å². The monoisotopic (exact) mass is 388 g/mol. The van der Waals surface area contributed by atoms with E-state index in [0.29, 0.717) is 0 Å². The molecular weight excluding hydrogens is 356 g/mol. The van der Waals surface area contributed by atoms with Gasteiger partial charge in [-0.15, -0.1) is 0 Å². The fourth-order valence-electron chi connectivity index (χ4n) is 3.59. The fraction of sp³-hybridized carbons (Fsp3) is 0.385. The van der Waals surface area contributed by atoms with E-state index in [2.05, 4.69) is 45.0 Å². The van der Waals surface area contributed by atoms with Gasteiger partial charge in [-0.25, -0.2) is 4.98 Å². The second kappa shape index (κ2) is 10.2. The van der Waals surface area contributed by atoms with Crippen LogP contribution in [0.3, 0.4) is 0 Å². The zero-order chi connectivity index (χ0) is 20.6. The number of carbonyl (C=O) groups excluding carboxylic acids is 1. The van der Waals surface area contributed by atoms with Crippen molar-refractivity contribution in [1.29, 1.82) is 0 Å². The lowest BCUT2D eigenvalue weighted by molar-refractivity contribution is 0.0753. The van der Waals surface area contributed by atoms with E-state index in [1.807, 2.05) is 35.2 Å². The Morgan fingerprint density at radius 1 is 0.897 bits per heavy atom. The van der Waals surface area contributed by atoms with E-state index in [1.165, 1.54) is 5.56 Å². The smallest absolute Gasteiger partial charge is 0.254 e. The van der Waals surface area contributed by atoms with E-state index >= 15 is 0 Å². The van der Waals surface area contributed by atoms with E-state index in [1.54, 1.807) is 0 Å². The van der Waals surface area contributed by atoms with E-state index in [9.17, 15) is 4.79 Å². The number of aromatic nitrogens is 1. The van der Waals surface area contributed by atoms with Crippen molar-refractivity contribution in [2.45, 2.75) is 52.9 Å². The molecule has 3 heteroatoms. The zero-order valence-corrected chi connectivity index (χ0v) is 17.9. The lowest BCUT2D eigenvalue weighted by Gasteiger charge is -2.23. The van der Waals surface area contributed by atoms with Crippen LogP contribution in [0.4, 0.5) is 0 Å². The van der Waals surface area contributed by atoms with Gasteiger partial charge in [0.2, 0.25) is 0 Å². The molecule has 0 bridgehead atoms. The summed E-state index contributed by atoms with van der Waals surface area (Å²) in [6.45, 7) is 8.12. The van der Waals surface area contributed by atoms with Crippen molar-refractivity contribution in [2.75, 3.05) is 13.1 Å². The summed E-state index contributed by atoms with van der Waals surface area (Å²) >= 11 is 0. The molecule has 0 aliphatic carbocycles. The number of benzene rings is 2. The van der Waals surface area contributed by atoms with Crippen LogP contribution >= 0.6 is 0 Å². The number of hydrogen-bond acceptors (Lipinski definition) is 2. The van der Waals surface area contributed by atoms with Crippen LogP contribution in [-0.2, 0) is 6.42 Å². The number of unbranched alkanes of at least 4 members (excludes halogenated alkanes) is 2. The SMILES string of the molecule is CCCCN(CCCC)C(=O)c1cc(-c2ccc(CC)cc2)nc2ccccc12. The molecule has 0 unspecified atom stereocenters. The summed E-state index contributed by atoms with van der Waals surface area (Å²) in [5.74, 6) is 0.122. The highest BCUT2D eigenvalue weighted by Gasteiger charge is 2.19. The number of rotatable bonds is 9. The third kappa shape index (κ3) is 5.03. The van der Waals surface area contributed by atoms with Gasteiger partial charge >= 0.3 is 0 Å². The Bertz CT molecular complexity index is 939. The number of fused-ring (bicyclic) bond motifs is 1. The maximum absolute atomic E-state index is 13.6. The number of hydrogen-bond donors (Lipinski definition) is 0. The molecule has 2 aromatic carbocycles. The highest BCUT2D eigenvalue weighted by Crippen LogP contribution is 2.26. The molecule has 3 aromatic rings. The molecule has 3 nitrogen and oxygen atoms in total. The molecule has 0 radical (unpaired) electrons. The number of carbonyl (C=O) groups is 1. The van der Waals surface area contributed by atoms with E-state index in [4.69, 9.17) is 4.98 Å². The third-order valence-electron chi connectivity index (χ3n) is 5.45. The maximum atomic E-state index is 13.6. The summed E-state index contributed by atoms with van der Waals surface area (Å²) in [5.41, 5.74) is 4.85. The van der Waals surface area contributed by atoms with Gasteiger partial charge in [0.25, 0.3) is 5.91 Å². The molecule has 0 aliphatic heterocycles. The van der Waals surface area contributed by atoms with Gasteiger partial charge in [0.05, 0.1) is 16.8 Å². The summed E-state index contributed by atoms with van der Waals surface area (Å²) < 4.78 is 0. The molecule has 0 fully saturated rings. The van der Waals surface area contributed by atoms with Gasteiger partial charge in [-0.2, -0.15) is 0 Å². The molecule has 0 spiro atoms. The van der Waals surface area contributed by atoms with E-state index < -0.39 is 0 Å². The average Bonchev–Trinajstić information content (AvgIpc) is 2.78. The summed E-state index contributed by atoms with van der Waals surface area (Å²) in [6.07, 6.45) is 5.25. The number of pyridine rings is 1. The summed E-state index contributed by atoms with van der Waals surface area (Å²) in [5, 5.41) is 0.935. The average molecular weight is 389 g/mol. The van der Waals surface area contributed by atoms with Crippen LogP contribution in [0.2, 0.25) is 0 Å². The van der Waals surface area contributed by atoms with Gasteiger partial charge in [0, 0.05) is 24.0 Å². The standard InChI is InChI=1S/C26H32N2O/c1-4-7-17-28(18-8-5-2)26(29)23-19-25(21-15-13-20(6-3)14-16-21)27-24-12-10-9-11-22(23)24/h9-16,19H,4-8,17-18H2,1-3H3. The minimum atomic E-state index is 0.122. The fourth-order valence-corrected chi connectivity index (χ4v) is 3.59. The Labute approximate surface area is 174 Å². The van der Waals surface area contributed by atoms with Gasteiger partial charge in [-0.1, -0.05) is 76.1 Å². The van der Waals surface area contributed by atoms with Crippen molar-refractivity contribution in [3.05, 3.63) is 65.7 Å².